The lowest BCUT2D eigenvalue weighted by Crippen LogP contribution is -2.15. The van der Waals surface area contributed by atoms with Gasteiger partial charge < -0.3 is 14.6 Å². The molecule has 6 nitrogen and oxygen atoms in total. The van der Waals surface area contributed by atoms with Crippen LogP contribution in [0, 0.1) is 0 Å². The molecule has 0 aliphatic heterocycles. The van der Waals surface area contributed by atoms with Crippen molar-refractivity contribution in [2.75, 3.05) is 20.3 Å². The monoisotopic (exact) mass is 290 g/mol. The zero-order chi connectivity index (χ0) is 15.2. The number of carboxylic acid groups (broad SMARTS) is 1. The number of aromatic nitrogens is 2. The van der Waals surface area contributed by atoms with E-state index in [9.17, 15) is 4.79 Å². The highest BCUT2D eigenvalue weighted by atomic mass is 16.5. The molecule has 0 aliphatic rings. The summed E-state index contributed by atoms with van der Waals surface area (Å²) in [5, 5.41) is 13.1. The lowest BCUT2D eigenvalue weighted by Gasteiger charge is -2.06. The average molecular weight is 290 g/mol. The number of rotatable bonds is 7. The zero-order valence-electron chi connectivity index (χ0n) is 12.0. The molecule has 0 aliphatic carbocycles. The van der Waals surface area contributed by atoms with Gasteiger partial charge in [-0.2, -0.15) is 5.10 Å². The van der Waals surface area contributed by atoms with E-state index in [1.54, 1.807) is 26.4 Å². The molecule has 0 radical (unpaired) electrons. The number of aliphatic carboxylic acids is 1. The predicted octanol–water partition coefficient (Wildman–Crippen LogP) is 2.22. The average Bonchev–Trinajstić information content (AvgIpc) is 2.97. The highest BCUT2D eigenvalue weighted by molar-refractivity contribution is 5.71. The van der Waals surface area contributed by atoms with Crippen LogP contribution in [0.5, 0.6) is 5.75 Å². The second-order valence-corrected chi connectivity index (χ2v) is 4.59. The van der Waals surface area contributed by atoms with Crippen molar-refractivity contribution in [2.45, 2.75) is 13.0 Å². The third-order valence-corrected chi connectivity index (χ3v) is 3.10. The number of nitrogens with zero attached hydrogens (tertiary/aromatic N) is 2. The lowest BCUT2D eigenvalue weighted by atomic mass is 10.1. The molecule has 1 aromatic heterocycles. The molecule has 1 unspecified atom stereocenters. The Kier molecular flexibility index (Phi) is 4.94. The van der Waals surface area contributed by atoms with Crippen molar-refractivity contribution in [1.29, 1.82) is 0 Å². The summed E-state index contributed by atoms with van der Waals surface area (Å²) in [6, 6.07) is 6.87. The minimum atomic E-state index is -0.911. The Morgan fingerprint density at radius 3 is 2.62 bits per heavy atom. The number of ether oxygens (including phenoxy) is 2. The quantitative estimate of drug-likeness (QED) is 0.791. The minimum absolute atomic E-state index is 0.504. The Morgan fingerprint density at radius 1 is 1.29 bits per heavy atom. The normalized spacial score (nSPS) is 12.1. The molecule has 6 heteroatoms. The molecule has 2 aromatic rings. The topological polar surface area (TPSA) is 73.6 Å². The molecule has 112 valence electrons. The number of methoxy groups -OCH3 is 1. The van der Waals surface area contributed by atoms with Crippen LogP contribution in [0.3, 0.4) is 0 Å². The van der Waals surface area contributed by atoms with Gasteiger partial charge in [-0.1, -0.05) is 12.1 Å². The van der Waals surface area contributed by atoms with E-state index in [4.69, 9.17) is 14.6 Å². The van der Waals surface area contributed by atoms with E-state index in [2.05, 4.69) is 5.10 Å². The van der Waals surface area contributed by atoms with Gasteiger partial charge in [-0.25, -0.2) is 4.79 Å². The van der Waals surface area contributed by atoms with E-state index >= 15 is 0 Å². The largest absolute Gasteiger partial charge is 0.491 e. The predicted molar refractivity (Wildman–Crippen MR) is 77.4 cm³/mol. The van der Waals surface area contributed by atoms with Gasteiger partial charge >= 0.3 is 5.97 Å². The van der Waals surface area contributed by atoms with Crippen molar-refractivity contribution in [3.05, 3.63) is 36.7 Å². The highest BCUT2D eigenvalue weighted by Gasteiger charge is 2.14. The molecular formula is C15H18N2O4. The number of hydrogen-bond acceptors (Lipinski definition) is 4. The van der Waals surface area contributed by atoms with Crippen LogP contribution in [-0.2, 0) is 9.53 Å². The summed E-state index contributed by atoms with van der Waals surface area (Å²) in [5.41, 5.74) is 1.82. The number of carbonyl (C=O) groups is 1. The smallest absolute Gasteiger partial charge is 0.328 e. The molecule has 0 saturated heterocycles. The van der Waals surface area contributed by atoms with Gasteiger partial charge in [0, 0.05) is 18.9 Å². The third-order valence-electron chi connectivity index (χ3n) is 3.10. The van der Waals surface area contributed by atoms with Crippen LogP contribution in [0.2, 0.25) is 0 Å². The molecule has 1 aromatic carbocycles. The third kappa shape index (κ3) is 3.82. The zero-order valence-corrected chi connectivity index (χ0v) is 12.0. The number of carboxylic acids is 1. The van der Waals surface area contributed by atoms with E-state index in [0.717, 1.165) is 16.9 Å². The second-order valence-electron chi connectivity index (χ2n) is 4.59. The summed E-state index contributed by atoms with van der Waals surface area (Å²) in [6.07, 6.45) is 3.37. The molecular weight excluding hydrogens is 272 g/mol. The van der Waals surface area contributed by atoms with E-state index in [0.29, 0.717) is 13.2 Å². The highest BCUT2D eigenvalue weighted by Crippen LogP contribution is 2.23. The molecule has 0 amide bonds. The Hall–Kier alpha value is -2.34. The molecule has 1 atom stereocenters. The first-order chi connectivity index (χ1) is 10.1. The van der Waals surface area contributed by atoms with Gasteiger partial charge in [-0.05, 0) is 24.6 Å². The fourth-order valence-electron chi connectivity index (χ4n) is 1.80. The van der Waals surface area contributed by atoms with Crippen LogP contribution < -0.4 is 4.74 Å². The van der Waals surface area contributed by atoms with Gasteiger partial charge in [0.1, 0.15) is 18.4 Å². The maximum Gasteiger partial charge on any atom is 0.328 e. The molecule has 21 heavy (non-hydrogen) atoms. The van der Waals surface area contributed by atoms with Gasteiger partial charge in [-0.15, -0.1) is 0 Å². The van der Waals surface area contributed by atoms with Crippen molar-refractivity contribution in [3.8, 4) is 16.9 Å². The van der Waals surface area contributed by atoms with Gasteiger partial charge in [0.15, 0.2) is 0 Å². The van der Waals surface area contributed by atoms with Crippen LogP contribution in [0.4, 0.5) is 0 Å². The van der Waals surface area contributed by atoms with Crippen LogP contribution in [0.15, 0.2) is 36.7 Å². The number of benzene rings is 1. The molecule has 0 bridgehead atoms. The van der Waals surface area contributed by atoms with E-state index in [1.807, 2.05) is 24.3 Å². The van der Waals surface area contributed by atoms with Gasteiger partial charge in [0.25, 0.3) is 0 Å². The van der Waals surface area contributed by atoms with Gasteiger partial charge in [0.2, 0.25) is 0 Å². The summed E-state index contributed by atoms with van der Waals surface area (Å²) < 4.78 is 11.8. The maximum absolute atomic E-state index is 10.9. The van der Waals surface area contributed by atoms with Crippen LogP contribution in [0.25, 0.3) is 11.1 Å². The Bertz CT molecular complexity index is 592. The fraction of sp³-hybridized carbons (Fsp3) is 0.333. The van der Waals surface area contributed by atoms with E-state index < -0.39 is 12.0 Å². The molecule has 1 N–H and O–H groups in total. The first kappa shape index (κ1) is 15.1. The van der Waals surface area contributed by atoms with Gasteiger partial charge in [0.05, 0.1) is 12.8 Å². The first-order valence-corrected chi connectivity index (χ1v) is 6.61. The SMILES string of the molecule is COCCOc1ccc(-c2cnn(C(C)C(=O)O)c2)cc1. The fourth-order valence-corrected chi connectivity index (χ4v) is 1.80. The van der Waals surface area contributed by atoms with Crippen molar-refractivity contribution >= 4 is 5.97 Å². The number of hydrogen-bond donors (Lipinski definition) is 1. The van der Waals surface area contributed by atoms with Crippen molar-refractivity contribution < 1.29 is 19.4 Å². The van der Waals surface area contributed by atoms with Crippen LogP contribution >= 0.6 is 0 Å². The van der Waals surface area contributed by atoms with Gasteiger partial charge in [-0.3, -0.25) is 4.68 Å². The minimum Gasteiger partial charge on any atom is -0.491 e. The van der Waals surface area contributed by atoms with E-state index in [1.165, 1.54) is 4.68 Å². The maximum atomic E-state index is 10.9. The van der Waals surface area contributed by atoms with Crippen molar-refractivity contribution in [3.63, 3.8) is 0 Å². The van der Waals surface area contributed by atoms with Crippen LogP contribution in [0.1, 0.15) is 13.0 Å². The summed E-state index contributed by atoms with van der Waals surface area (Å²) in [5.74, 6) is -0.145. The Labute approximate surface area is 122 Å². The second kappa shape index (κ2) is 6.90. The Balaban J connectivity index is 2.07. The van der Waals surface area contributed by atoms with E-state index in [-0.39, 0.29) is 0 Å². The van der Waals surface area contributed by atoms with Crippen molar-refractivity contribution in [1.82, 2.24) is 9.78 Å². The summed E-state index contributed by atoms with van der Waals surface area (Å²) in [4.78, 5) is 10.9. The summed E-state index contributed by atoms with van der Waals surface area (Å²) >= 11 is 0. The summed E-state index contributed by atoms with van der Waals surface area (Å²) in [7, 11) is 1.63. The molecule has 0 saturated carbocycles. The Morgan fingerprint density at radius 2 is 2.00 bits per heavy atom. The molecule has 0 fully saturated rings. The standard InChI is InChI=1S/C15H18N2O4/c1-11(15(18)19)17-10-13(9-16-17)12-3-5-14(6-4-12)21-8-7-20-2/h3-6,9-11H,7-8H2,1-2H3,(H,18,19). The lowest BCUT2D eigenvalue weighted by molar-refractivity contribution is -0.140. The molecule has 2 rings (SSSR count). The summed E-state index contributed by atoms with van der Waals surface area (Å²) in [6.45, 7) is 2.64. The molecule has 0 spiro atoms. The molecule has 1 heterocycles. The van der Waals surface area contributed by atoms with Crippen LogP contribution in [-0.4, -0.2) is 41.2 Å². The van der Waals surface area contributed by atoms with Crippen molar-refractivity contribution in [2.24, 2.45) is 0 Å². The first-order valence-electron chi connectivity index (χ1n) is 6.61.